The number of hydrogen-bond acceptors (Lipinski definition) is 4. The number of rotatable bonds is 5. The maximum absolute atomic E-state index is 12.0. The van der Waals surface area contributed by atoms with Crippen LogP contribution in [-0.4, -0.2) is 29.6 Å². The molecule has 6 nitrogen and oxygen atoms in total. The molecule has 1 atom stereocenters. The van der Waals surface area contributed by atoms with E-state index in [0.29, 0.717) is 17.3 Å². The van der Waals surface area contributed by atoms with Gasteiger partial charge in [-0.1, -0.05) is 16.8 Å². The number of halogens is 1. The van der Waals surface area contributed by atoms with Crippen molar-refractivity contribution in [3.8, 4) is 11.3 Å². The van der Waals surface area contributed by atoms with Gasteiger partial charge in [-0.05, 0) is 38.1 Å². The van der Waals surface area contributed by atoms with E-state index in [2.05, 4.69) is 15.8 Å². The maximum Gasteiger partial charge on any atom is 0.274 e. The molecule has 116 valence electrons. The van der Waals surface area contributed by atoms with Crippen LogP contribution in [0.1, 0.15) is 24.3 Å². The second-order valence-corrected chi connectivity index (χ2v) is 5.11. The van der Waals surface area contributed by atoms with Crippen LogP contribution in [0.15, 0.2) is 34.9 Å². The predicted molar refractivity (Wildman–Crippen MR) is 82.6 cm³/mol. The van der Waals surface area contributed by atoms with E-state index in [1.54, 1.807) is 31.2 Å². The molecule has 0 spiro atoms. The lowest BCUT2D eigenvalue weighted by Gasteiger charge is -2.11. The summed E-state index contributed by atoms with van der Waals surface area (Å²) in [5.74, 6) is -0.271. The standard InChI is InChI=1S/C15H16ClN3O3/c1-3-17-14(20)9(2)18-15(21)12-8-13(22-19-12)10-4-6-11(16)7-5-10/h4-9H,3H2,1-2H3,(H,17,20)(H,18,21)/t9-/m0/s1. The molecule has 0 bridgehead atoms. The topological polar surface area (TPSA) is 84.2 Å². The molecular formula is C15H16ClN3O3. The fraction of sp³-hybridized carbons (Fsp3) is 0.267. The average molecular weight is 322 g/mol. The Hall–Kier alpha value is -2.34. The van der Waals surface area contributed by atoms with Crippen molar-refractivity contribution in [2.75, 3.05) is 6.54 Å². The van der Waals surface area contributed by atoms with Crippen molar-refractivity contribution < 1.29 is 14.1 Å². The van der Waals surface area contributed by atoms with E-state index in [1.165, 1.54) is 6.07 Å². The number of hydrogen-bond donors (Lipinski definition) is 2. The lowest BCUT2D eigenvalue weighted by molar-refractivity contribution is -0.122. The van der Waals surface area contributed by atoms with Crippen LogP contribution in [0.25, 0.3) is 11.3 Å². The first kappa shape index (κ1) is 16.0. The van der Waals surface area contributed by atoms with Crippen LogP contribution < -0.4 is 10.6 Å². The number of carbonyl (C=O) groups excluding carboxylic acids is 2. The molecule has 0 unspecified atom stereocenters. The highest BCUT2D eigenvalue weighted by atomic mass is 35.5. The lowest BCUT2D eigenvalue weighted by atomic mass is 10.1. The van der Waals surface area contributed by atoms with Crippen molar-refractivity contribution in [1.82, 2.24) is 15.8 Å². The highest BCUT2D eigenvalue weighted by molar-refractivity contribution is 6.30. The minimum atomic E-state index is -0.650. The van der Waals surface area contributed by atoms with Crippen LogP contribution in [0.5, 0.6) is 0 Å². The molecular weight excluding hydrogens is 306 g/mol. The van der Waals surface area contributed by atoms with Crippen molar-refractivity contribution in [3.05, 3.63) is 41.0 Å². The zero-order valence-corrected chi connectivity index (χ0v) is 13.0. The fourth-order valence-electron chi connectivity index (χ4n) is 1.80. The van der Waals surface area contributed by atoms with Crippen LogP contribution in [0.2, 0.25) is 5.02 Å². The third-order valence-corrected chi connectivity index (χ3v) is 3.22. The Labute approximate surface area is 132 Å². The molecule has 22 heavy (non-hydrogen) atoms. The van der Waals surface area contributed by atoms with E-state index in [-0.39, 0.29) is 11.6 Å². The summed E-state index contributed by atoms with van der Waals surface area (Å²) in [6, 6.07) is 7.84. The average Bonchev–Trinajstić information content (AvgIpc) is 2.98. The first-order chi connectivity index (χ1) is 10.5. The molecule has 2 amide bonds. The Morgan fingerprint density at radius 1 is 1.32 bits per heavy atom. The van der Waals surface area contributed by atoms with Crippen molar-refractivity contribution in [2.24, 2.45) is 0 Å². The van der Waals surface area contributed by atoms with Gasteiger partial charge in [-0.2, -0.15) is 0 Å². The summed E-state index contributed by atoms with van der Waals surface area (Å²) < 4.78 is 5.15. The number of nitrogens with zero attached hydrogens (tertiary/aromatic N) is 1. The zero-order chi connectivity index (χ0) is 16.1. The molecule has 1 heterocycles. The van der Waals surface area contributed by atoms with Gasteiger partial charge in [0, 0.05) is 23.2 Å². The number of benzene rings is 1. The Morgan fingerprint density at radius 2 is 2.00 bits per heavy atom. The summed E-state index contributed by atoms with van der Waals surface area (Å²) in [5.41, 5.74) is 0.869. The van der Waals surface area contributed by atoms with E-state index in [0.717, 1.165) is 5.56 Å². The third-order valence-electron chi connectivity index (χ3n) is 2.96. The van der Waals surface area contributed by atoms with Gasteiger partial charge in [0.15, 0.2) is 11.5 Å². The van der Waals surface area contributed by atoms with E-state index in [9.17, 15) is 9.59 Å². The van der Waals surface area contributed by atoms with Gasteiger partial charge in [-0.3, -0.25) is 9.59 Å². The molecule has 0 fully saturated rings. The molecule has 2 aromatic rings. The molecule has 0 radical (unpaired) electrons. The summed E-state index contributed by atoms with van der Waals surface area (Å²) >= 11 is 5.82. The van der Waals surface area contributed by atoms with Gasteiger partial charge in [-0.25, -0.2) is 0 Å². The van der Waals surface area contributed by atoms with Crippen LogP contribution >= 0.6 is 11.6 Å². The minimum absolute atomic E-state index is 0.112. The Kier molecular flexibility index (Phi) is 5.16. The molecule has 0 saturated heterocycles. The third kappa shape index (κ3) is 3.85. The molecule has 2 rings (SSSR count). The predicted octanol–water partition coefficient (Wildman–Crippen LogP) is 2.25. The summed E-state index contributed by atoms with van der Waals surface area (Å²) in [6.45, 7) is 3.91. The van der Waals surface area contributed by atoms with Gasteiger partial charge >= 0.3 is 0 Å². The second-order valence-electron chi connectivity index (χ2n) is 4.67. The molecule has 0 saturated carbocycles. The van der Waals surface area contributed by atoms with Crippen LogP contribution in [0.4, 0.5) is 0 Å². The molecule has 1 aromatic heterocycles. The molecule has 0 aliphatic rings. The summed E-state index contributed by atoms with van der Waals surface area (Å²) in [5, 5.41) is 9.52. The van der Waals surface area contributed by atoms with Crippen LogP contribution in [-0.2, 0) is 4.79 Å². The summed E-state index contributed by atoms with van der Waals surface area (Å²) in [4.78, 5) is 23.6. The van der Waals surface area contributed by atoms with Gasteiger partial charge in [-0.15, -0.1) is 0 Å². The molecule has 0 aliphatic heterocycles. The first-order valence-corrected chi connectivity index (χ1v) is 7.20. The fourth-order valence-corrected chi connectivity index (χ4v) is 1.92. The highest BCUT2D eigenvalue weighted by Crippen LogP contribution is 2.22. The van der Waals surface area contributed by atoms with Gasteiger partial charge < -0.3 is 15.2 Å². The normalized spacial score (nSPS) is 11.8. The largest absolute Gasteiger partial charge is 0.355 e. The quantitative estimate of drug-likeness (QED) is 0.884. The van der Waals surface area contributed by atoms with Crippen LogP contribution in [0, 0.1) is 0 Å². The van der Waals surface area contributed by atoms with Gasteiger partial charge in [0.2, 0.25) is 5.91 Å². The monoisotopic (exact) mass is 321 g/mol. The first-order valence-electron chi connectivity index (χ1n) is 6.82. The summed E-state index contributed by atoms with van der Waals surface area (Å²) in [6.07, 6.45) is 0. The number of nitrogens with one attached hydrogen (secondary N) is 2. The molecule has 2 N–H and O–H groups in total. The Bertz CT molecular complexity index is 667. The maximum atomic E-state index is 12.0. The Balaban J connectivity index is 2.06. The minimum Gasteiger partial charge on any atom is -0.355 e. The van der Waals surface area contributed by atoms with Gasteiger partial charge in [0.25, 0.3) is 5.91 Å². The Morgan fingerprint density at radius 3 is 2.64 bits per heavy atom. The lowest BCUT2D eigenvalue weighted by Crippen LogP contribution is -2.44. The van der Waals surface area contributed by atoms with Crippen molar-refractivity contribution >= 4 is 23.4 Å². The van der Waals surface area contributed by atoms with E-state index < -0.39 is 11.9 Å². The van der Waals surface area contributed by atoms with Crippen LogP contribution in [0.3, 0.4) is 0 Å². The zero-order valence-electron chi connectivity index (χ0n) is 12.2. The second kappa shape index (κ2) is 7.09. The smallest absolute Gasteiger partial charge is 0.274 e. The number of likely N-dealkylation sites (N-methyl/N-ethyl adjacent to an activating group) is 1. The van der Waals surface area contributed by atoms with E-state index in [1.807, 2.05) is 6.92 Å². The van der Waals surface area contributed by atoms with E-state index in [4.69, 9.17) is 16.1 Å². The number of amides is 2. The number of aromatic nitrogens is 1. The number of carbonyl (C=O) groups is 2. The van der Waals surface area contributed by atoms with Gasteiger partial charge in [0.05, 0.1) is 0 Å². The van der Waals surface area contributed by atoms with Gasteiger partial charge in [0.1, 0.15) is 6.04 Å². The summed E-state index contributed by atoms with van der Waals surface area (Å²) in [7, 11) is 0. The molecule has 1 aromatic carbocycles. The molecule has 7 heteroatoms. The van der Waals surface area contributed by atoms with Crippen molar-refractivity contribution in [2.45, 2.75) is 19.9 Å². The SMILES string of the molecule is CCNC(=O)[C@H](C)NC(=O)c1cc(-c2ccc(Cl)cc2)on1. The highest BCUT2D eigenvalue weighted by Gasteiger charge is 2.19. The van der Waals surface area contributed by atoms with Crippen molar-refractivity contribution in [1.29, 1.82) is 0 Å². The van der Waals surface area contributed by atoms with Crippen molar-refractivity contribution in [3.63, 3.8) is 0 Å². The van der Waals surface area contributed by atoms with E-state index >= 15 is 0 Å². The molecule has 0 aliphatic carbocycles.